The second-order valence-electron chi connectivity index (χ2n) is 5.87. The highest BCUT2D eigenvalue weighted by Gasteiger charge is 2.28. The molecule has 2 fully saturated rings. The summed E-state index contributed by atoms with van der Waals surface area (Å²) < 4.78 is 5.72. The maximum absolute atomic E-state index is 5.72. The number of hydrogen-bond donors (Lipinski definition) is 1. The van der Waals surface area contributed by atoms with E-state index in [0.29, 0.717) is 24.5 Å². The van der Waals surface area contributed by atoms with E-state index in [1.807, 2.05) is 0 Å². The van der Waals surface area contributed by atoms with Crippen molar-refractivity contribution in [2.75, 3.05) is 18.0 Å². The highest BCUT2D eigenvalue weighted by atomic mass is 16.4. The normalized spacial score (nSPS) is 24.2. The predicted molar refractivity (Wildman–Crippen MR) is 69.3 cm³/mol. The average molecular weight is 250 g/mol. The van der Waals surface area contributed by atoms with Gasteiger partial charge < -0.3 is 14.6 Å². The second kappa shape index (κ2) is 4.88. The minimum Gasteiger partial charge on any atom is -0.407 e. The van der Waals surface area contributed by atoms with Gasteiger partial charge in [-0.15, -0.1) is 5.10 Å². The highest BCUT2D eigenvalue weighted by Crippen LogP contribution is 2.27. The topological polar surface area (TPSA) is 54.2 Å². The first-order valence-electron chi connectivity index (χ1n) is 7.03. The Morgan fingerprint density at radius 1 is 1.33 bits per heavy atom. The monoisotopic (exact) mass is 250 g/mol. The molecule has 1 unspecified atom stereocenters. The lowest BCUT2D eigenvalue weighted by molar-refractivity contribution is 0.418. The van der Waals surface area contributed by atoms with Crippen LogP contribution in [-0.2, 0) is 6.54 Å². The number of rotatable bonds is 5. The first kappa shape index (κ1) is 12.0. The molecule has 100 valence electrons. The zero-order valence-electron chi connectivity index (χ0n) is 11.2. The minimum absolute atomic E-state index is 0.678. The van der Waals surface area contributed by atoms with Crippen LogP contribution < -0.4 is 10.2 Å². The summed E-state index contributed by atoms with van der Waals surface area (Å²) in [6.07, 6.45) is 3.79. The Kier molecular flexibility index (Phi) is 3.24. The van der Waals surface area contributed by atoms with E-state index in [9.17, 15) is 0 Å². The van der Waals surface area contributed by atoms with Crippen LogP contribution in [0.25, 0.3) is 0 Å². The van der Waals surface area contributed by atoms with Gasteiger partial charge in [-0.05, 0) is 31.1 Å². The van der Waals surface area contributed by atoms with E-state index >= 15 is 0 Å². The maximum atomic E-state index is 5.72. The van der Waals surface area contributed by atoms with Crippen LogP contribution in [0, 0.1) is 11.8 Å². The van der Waals surface area contributed by atoms with E-state index in [4.69, 9.17) is 4.42 Å². The van der Waals surface area contributed by atoms with Crippen LogP contribution in [0.5, 0.6) is 0 Å². The van der Waals surface area contributed by atoms with Gasteiger partial charge in [-0.1, -0.05) is 18.9 Å². The molecule has 18 heavy (non-hydrogen) atoms. The first-order chi connectivity index (χ1) is 8.72. The third-order valence-corrected chi connectivity index (χ3v) is 4.01. The van der Waals surface area contributed by atoms with Crippen molar-refractivity contribution >= 4 is 6.01 Å². The minimum atomic E-state index is 0.678. The van der Waals surface area contributed by atoms with Gasteiger partial charge in [0.1, 0.15) is 0 Å². The van der Waals surface area contributed by atoms with Gasteiger partial charge in [0.05, 0.1) is 6.54 Å². The van der Waals surface area contributed by atoms with Crippen molar-refractivity contribution in [3.63, 3.8) is 0 Å². The Morgan fingerprint density at radius 2 is 2.17 bits per heavy atom. The summed E-state index contributed by atoms with van der Waals surface area (Å²) in [4.78, 5) is 2.22. The van der Waals surface area contributed by atoms with Gasteiger partial charge in [-0.25, -0.2) is 0 Å². The van der Waals surface area contributed by atoms with Gasteiger partial charge in [0, 0.05) is 19.1 Å². The van der Waals surface area contributed by atoms with Crippen LogP contribution in [-0.4, -0.2) is 29.3 Å². The van der Waals surface area contributed by atoms with Gasteiger partial charge in [-0.3, -0.25) is 0 Å². The van der Waals surface area contributed by atoms with E-state index in [2.05, 4.69) is 34.3 Å². The van der Waals surface area contributed by atoms with Gasteiger partial charge in [-0.2, -0.15) is 0 Å². The standard InChI is InChI=1S/C13H22N4O/c1-9(2)10-5-6-17(8-10)13-16-15-12(18-13)7-14-11-3-4-11/h9-11,14H,3-8H2,1-2H3. The molecule has 0 amide bonds. The molecule has 1 saturated carbocycles. The van der Waals surface area contributed by atoms with Crippen molar-refractivity contribution in [1.29, 1.82) is 0 Å². The van der Waals surface area contributed by atoms with Crippen molar-refractivity contribution in [2.45, 2.75) is 45.7 Å². The van der Waals surface area contributed by atoms with Crippen molar-refractivity contribution in [3.8, 4) is 0 Å². The van der Waals surface area contributed by atoms with Crippen LogP contribution in [0.4, 0.5) is 6.01 Å². The quantitative estimate of drug-likeness (QED) is 0.863. The fraction of sp³-hybridized carbons (Fsp3) is 0.846. The largest absolute Gasteiger partial charge is 0.407 e. The lowest BCUT2D eigenvalue weighted by atomic mass is 9.95. The fourth-order valence-electron chi connectivity index (χ4n) is 2.47. The van der Waals surface area contributed by atoms with Crippen LogP contribution >= 0.6 is 0 Å². The van der Waals surface area contributed by atoms with Gasteiger partial charge in [0.2, 0.25) is 5.89 Å². The molecule has 3 rings (SSSR count). The van der Waals surface area contributed by atoms with E-state index in [1.54, 1.807) is 0 Å². The SMILES string of the molecule is CC(C)C1CCN(c2nnc(CNC3CC3)o2)C1. The fourth-order valence-corrected chi connectivity index (χ4v) is 2.47. The summed E-state index contributed by atoms with van der Waals surface area (Å²) in [5.74, 6) is 2.20. The number of hydrogen-bond acceptors (Lipinski definition) is 5. The van der Waals surface area contributed by atoms with Crippen molar-refractivity contribution in [3.05, 3.63) is 5.89 Å². The molecule has 0 spiro atoms. The summed E-state index contributed by atoms with van der Waals surface area (Å²) in [6, 6.07) is 1.38. The summed E-state index contributed by atoms with van der Waals surface area (Å²) in [7, 11) is 0. The highest BCUT2D eigenvalue weighted by molar-refractivity contribution is 5.26. The molecule has 2 heterocycles. The summed E-state index contributed by atoms with van der Waals surface area (Å²) in [5.41, 5.74) is 0. The van der Waals surface area contributed by atoms with E-state index < -0.39 is 0 Å². The molecule has 5 nitrogen and oxygen atoms in total. The predicted octanol–water partition coefficient (Wildman–Crippen LogP) is 1.80. The molecule has 1 aromatic heterocycles. The molecular formula is C13H22N4O. The molecule has 5 heteroatoms. The molecule has 1 saturated heterocycles. The van der Waals surface area contributed by atoms with Crippen LogP contribution in [0.2, 0.25) is 0 Å². The van der Waals surface area contributed by atoms with E-state index in [0.717, 1.165) is 24.9 Å². The van der Waals surface area contributed by atoms with E-state index in [1.165, 1.54) is 19.3 Å². The molecule has 1 aliphatic carbocycles. The molecule has 2 aliphatic rings. The zero-order chi connectivity index (χ0) is 12.5. The van der Waals surface area contributed by atoms with Gasteiger partial charge in [0.15, 0.2) is 0 Å². The molecule has 1 atom stereocenters. The van der Waals surface area contributed by atoms with Gasteiger partial charge >= 0.3 is 6.01 Å². The van der Waals surface area contributed by atoms with Crippen LogP contribution in [0.15, 0.2) is 4.42 Å². The van der Waals surface area contributed by atoms with Crippen LogP contribution in [0.1, 0.15) is 39.0 Å². The lowest BCUT2D eigenvalue weighted by Gasteiger charge is -2.15. The molecule has 0 radical (unpaired) electrons. The molecule has 0 bridgehead atoms. The van der Waals surface area contributed by atoms with Crippen molar-refractivity contribution in [1.82, 2.24) is 15.5 Å². The Hall–Kier alpha value is -1.10. The Labute approximate surface area is 108 Å². The average Bonchev–Trinajstić information content (AvgIpc) is 2.88. The van der Waals surface area contributed by atoms with E-state index in [-0.39, 0.29) is 0 Å². The number of nitrogens with one attached hydrogen (secondary N) is 1. The molecule has 1 N–H and O–H groups in total. The Morgan fingerprint density at radius 3 is 2.83 bits per heavy atom. The maximum Gasteiger partial charge on any atom is 0.318 e. The second-order valence-corrected chi connectivity index (χ2v) is 5.87. The number of anilines is 1. The molecule has 1 aromatic rings. The third kappa shape index (κ3) is 2.66. The summed E-state index contributed by atoms with van der Waals surface area (Å²) in [6.45, 7) is 7.37. The summed E-state index contributed by atoms with van der Waals surface area (Å²) >= 11 is 0. The summed E-state index contributed by atoms with van der Waals surface area (Å²) in [5, 5.41) is 11.7. The van der Waals surface area contributed by atoms with Crippen molar-refractivity contribution < 1.29 is 4.42 Å². The first-order valence-corrected chi connectivity index (χ1v) is 7.03. The van der Waals surface area contributed by atoms with Gasteiger partial charge in [0.25, 0.3) is 0 Å². The molecule has 0 aromatic carbocycles. The van der Waals surface area contributed by atoms with Crippen LogP contribution in [0.3, 0.4) is 0 Å². The number of nitrogens with zero attached hydrogens (tertiary/aromatic N) is 3. The molecule has 1 aliphatic heterocycles. The molecular weight excluding hydrogens is 228 g/mol. The zero-order valence-corrected chi connectivity index (χ0v) is 11.2. The Bertz CT molecular complexity index is 399. The number of aromatic nitrogens is 2. The Balaban J connectivity index is 1.55. The smallest absolute Gasteiger partial charge is 0.318 e. The lowest BCUT2D eigenvalue weighted by Crippen LogP contribution is -2.21. The van der Waals surface area contributed by atoms with Crippen molar-refractivity contribution in [2.24, 2.45) is 11.8 Å². The third-order valence-electron chi connectivity index (χ3n) is 4.01.